The highest BCUT2D eigenvalue weighted by Crippen LogP contribution is 2.21. The van der Waals surface area contributed by atoms with Crippen LogP contribution >= 0.6 is 0 Å². The van der Waals surface area contributed by atoms with E-state index in [4.69, 9.17) is 4.74 Å². The van der Waals surface area contributed by atoms with Crippen LogP contribution in [0.25, 0.3) is 0 Å². The van der Waals surface area contributed by atoms with Gasteiger partial charge < -0.3 is 14.6 Å². The average Bonchev–Trinajstić information content (AvgIpc) is 2.83. The van der Waals surface area contributed by atoms with E-state index in [1.165, 1.54) is 11.4 Å². The van der Waals surface area contributed by atoms with E-state index in [0.717, 1.165) is 18.5 Å². The predicted octanol–water partition coefficient (Wildman–Crippen LogP) is 1.22. The number of aryl methyl sites for hydroxylation is 1. The molecular formula is C14H18N4O. The monoisotopic (exact) mass is 258 g/mol. The van der Waals surface area contributed by atoms with Crippen LogP contribution in [0.4, 0.5) is 0 Å². The van der Waals surface area contributed by atoms with E-state index < -0.39 is 0 Å². The maximum Gasteiger partial charge on any atom is 0.0949 e. The van der Waals surface area contributed by atoms with Crippen molar-refractivity contribution in [3.8, 4) is 0 Å². The van der Waals surface area contributed by atoms with Gasteiger partial charge in [-0.05, 0) is 11.6 Å². The molecule has 1 N–H and O–H groups in total. The number of rotatable bonds is 4. The van der Waals surface area contributed by atoms with Gasteiger partial charge in [0.1, 0.15) is 0 Å². The standard InChI is InChI=1S/C14H18N4O/c1-18-10-17-12-4-6-16-13(14(12)18)9-19-8-11-3-2-5-15-7-11/h2-3,5,7,10,13,16H,4,6,8-9H2,1H3. The molecule has 0 spiro atoms. The Hall–Kier alpha value is -1.72. The lowest BCUT2D eigenvalue weighted by molar-refractivity contribution is 0.0948. The molecule has 0 fully saturated rings. The van der Waals surface area contributed by atoms with Crippen LogP contribution in [0.2, 0.25) is 0 Å². The van der Waals surface area contributed by atoms with Crippen molar-refractivity contribution in [2.45, 2.75) is 19.1 Å². The number of ether oxygens (including phenoxy) is 1. The van der Waals surface area contributed by atoms with Crippen molar-refractivity contribution < 1.29 is 4.74 Å². The smallest absolute Gasteiger partial charge is 0.0949 e. The summed E-state index contributed by atoms with van der Waals surface area (Å²) in [7, 11) is 2.03. The Labute approximate surface area is 112 Å². The lowest BCUT2D eigenvalue weighted by atomic mass is 10.1. The van der Waals surface area contributed by atoms with Crippen molar-refractivity contribution in [1.29, 1.82) is 0 Å². The first-order chi connectivity index (χ1) is 9.34. The number of nitrogens with one attached hydrogen (secondary N) is 1. The van der Waals surface area contributed by atoms with E-state index in [1.807, 2.05) is 31.7 Å². The van der Waals surface area contributed by atoms with Crippen LogP contribution in [-0.2, 0) is 24.8 Å². The number of imidazole rings is 1. The van der Waals surface area contributed by atoms with Gasteiger partial charge in [-0.3, -0.25) is 4.98 Å². The lowest BCUT2D eigenvalue weighted by Crippen LogP contribution is -2.34. The highest BCUT2D eigenvalue weighted by Gasteiger charge is 2.23. The number of aromatic nitrogens is 3. The Morgan fingerprint density at radius 3 is 3.32 bits per heavy atom. The fraction of sp³-hybridized carbons (Fsp3) is 0.429. The Morgan fingerprint density at radius 1 is 1.53 bits per heavy atom. The first kappa shape index (κ1) is 12.3. The van der Waals surface area contributed by atoms with E-state index >= 15 is 0 Å². The molecule has 5 heteroatoms. The van der Waals surface area contributed by atoms with Crippen molar-refractivity contribution in [1.82, 2.24) is 19.9 Å². The summed E-state index contributed by atoms with van der Waals surface area (Å²) >= 11 is 0. The third-order valence-corrected chi connectivity index (χ3v) is 3.42. The van der Waals surface area contributed by atoms with Crippen molar-refractivity contribution in [3.05, 3.63) is 47.8 Å². The molecule has 1 atom stereocenters. The fourth-order valence-corrected chi connectivity index (χ4v) is 2.51. The first-order valence-corrected chi connectivity index (χ1v) is 6.54. The maximum absolute atomic E-state index is 5.80. The second-order valence-corrected chi connectivity index (χ2v) is 4.82. The van der Waals surface area contributed by atoms with Crippen LogP contribution < -0.4 is 5.32 Å². The molecule has 0 amide bonds. The number of pyridine rings is 1. The lowest BCUT2D eigenvalue weighted by Gasteiger charge is -2.24. The Kier molecular flexibility index (Phi) is 3.57. The molecule has 1 aliphatic heterocycles. The first-order valence-electron chi connectivity index (χ1n) is 6.54. The normalized spacial score (nSPS) is 18.3. The fourth-order valence-electron chi connectivity index (χ4n) is 2.51. The molecule has 0 saturated heterocycles. The molecule has 0 aliphatic carbocycles. The molecule has 0 aromatic carbocycles. The van der Waals surface area contributed by atoms with Crippen LogP contribution in [0, 0.1) is 0 Å². The van der Waals surface area contributed by atoms with Gasteiger partial charge in [-0.25, -0.2) is 4.98 Å². The zero-order valence-electron chi connectivity index (χ0n) is 11.0. The molecule has 5 nitrogen and oxygen atoms in total. The van der Waals surface area contributed by atoms with Gasteiger partial charge in [-0.1, -0.05) is 6.07 Å². The summed E-state index contributed by atoms with van der Waals surface area (Å²) in [6.45, 7) is 2.21. The third-order valence-electron chi connectivity index (χ3n) is 3.42. The van der Waals surface area contributed by atoms with Crippen molar-refractivity contribution in [2.75, 3.05) is 13.2 Å². The second-order valence-electron chi connectivity index (χ2n) is 4.82. The van der Waals surface area contributed by atoms with Crippen LogP contribution in [0.5, 0.6) is 0 Å². The molecule has 1 unspecified atom stereocenters. The molecule has 0 radical (unpaired) electrons. The molecule has 19 heavy (non-hydrogen) atoms. The number of nitrogens with zero attached hydrogens (tertiary/aromatic N) is 3. The van der Waals surface area contributed by atoms with Crippen LogP contribution in [-0.4, -0.2) is 27.7 Å². The Bertz CT molecular complexity index is 538. The van der Waals surface area contributed by atoms with Gasteiger partial charge >= 0.3 is 0 Å². The van der Waals surface area contributed by atoms with Gasteiger partial charge in [0.05, 0.1) is 37.0 Å². The molecular weight excluding hydrogens is 240 g/mol. The van der Waals surface area contributed by atoms with Gasteiger partial charge in [-0.2, -0.15) is 0 Å². The van der Waals surface area contributed by atoms with E-state index in [0.29, 0.717) is 13.2 Å². The van der Waals surface area contributed by atoms with Gasteiger partial charge in [-0.15, -0.1) is 0 Å². The topological polar surface area (TPSA) is 52.0 Å². The van der Waals surface area contributed by atoms with Gasteiger partial charge in [0, 0.05) is 32.4 Å². The summed E-state index contributed by atoms with van der Waals surface area (Å²) in [6, 6.07) is 4.18. The molecule has 3 rings (SSSR count). The molecule has 1 aliphatic rings. The number of hydrogen-bond acceptors (Lipinski definition) is 4. The predicted molar refractivity (Wildman–Crippen MR) is 71.5 cm³/mol. The Balaban J connectivity index is 1.61. The maximum atomic E-state index is 5.80. The van der Waals surface area contributed by atoms with E-state index in [9.17, 15) is 0 Å². The molecule has 100 valence electrons. The van der Waals surface area contributed by atoms with Crippen molar-refractivity contribution in [3.63, 3.8) is 0 Å². The summed E-state index contributed by atoms with van der Waals surface area (Å²) in [5.74, 6) is 0. The van der Waals surface area contributed by atoms with Gasteiger partial charge in [0.25, 0.3) is 0 Å². The molecule has 2 aromatic heterocycles. The minimum absolute atomic E-state index is 0.230. The molecule has 0 saturated carbocycles. The van der Waals surface area contributed by atoms with E-state index in [-0.39, 0.29) is 6.04 Å². The minimum atomic E-state index is 0.230. The zero-order chi connectivity index (χ0) is 13.1. The molecule has 0 bridgehead atoms. The SMILES string of the molecule is Cn1cnc2c1C(COCc1cccnc1)NCC2. The third kappa shape index (κ3) is 2.67. The highest BCUT2D eigenvalue weighted by atomic mass is 16.5. The summed E-state index contributed by atoms with van der Waals surface area (Å²) < 4.78 is 7.88. The zero-order valence-corrected chi connectivity index (χ0v) is 11.0. The molecule has 2 aromatic rings. The van der Waals surface area contributed by atoms with Crippen LogP contribution in [0.15, 0.2) is 30.9 Å². The van der Waals surface area contributed by atoms with Gasteiger partial charge in [0.2, 0.25) is 0 Å². The summed E-state index contributed by atoms with van der Waals surface area (Å²) in [5, 5.41) is 3.49. The van der Waals surface area contributed by atoms with Crippen molar-refractivity contribution in [2.24, 2.45) is 7.05 Å². The molecule has 3 heterocycles. The summed E-state index contributed by atoms with van der Waals surface area (Å²) in [4.78, 5) is 8.51. The number of fused-ring (bicyclic) bond motifs is 1. The van der Waals surface area contributed by atoms with E-state index in [1.54, 1.807) is 6.20 Å². The quantitative estimate of drug-likeness (QED) is 0.896. The van der Waals surface area contributed by atoms with Crippen molar-refractivity contribution >= 4 is 0 Å². The highest BCUT2D eigenvalue weighted by molar-refractivity contribution is 5.20. The summed E-state index contributed by atoms with van der Waals surface area (Å²) in [6.07, 6.45) is 6.49. The van der Waals surface area contributed by atoms with E-state index in [2.05, 4.69) is 19.9 Å². The van der Waals surface area contributed by atoms with Crippen LogP contribution in [0.1, 0.15) is 23.0 Å². The minimum Gasteiger partial charge on any atom is -0.375 e. The average molecular weight is 258 g/mol. The summed E-state index contributed by atoms with van der Waals surface area (Å²) in [5.41, 5.74) is 3.54. The Morgan fingerprint density at radius 2 is 2.47 bits per heavy atom. The van der Waals surface area contributed by atoms with Gasteiger partial charge in [0.15, 0.2) is 0 Å². The largest absolute Gasteiger partial charge is 0.375 e. The van der Waals surface area contributed by atoms with Crippen LogP contribution in [0.3, 0.4) is 0 Å². The number of hydrogen-bond donors (Lipinski definition) is 1. The second kappa shape index (κ2) is 5.50.